The van der Waals surface area contributed by atoms with Crippen molar-refractivity contribution >= 4 is 22.4 Å². The molecular formula is C12H18N2O2S. The molecule has 1 heterocycles. The molecule has 0 radical (unpaired) electrons. The number of anilines is 1. The summed E-state index contributed by atoms with van der Waals surface area (Å²) in [6.45, 7) is 2.69. The van der Waals surface area contributed by atoms with E-state index in [1.165, 1.54) is 0 Å². The van der Waals surface area contributed by atoms with Crippen LogP contribution in [0.1, 0.15) is 31.4 Å². The van der Waals surface area contributed by atoms with Gasteiger partial charge in [0.25, 0.3) is 0 Å². The third-order valence-corrected chi connectivity index (χ3v) is 4.28. The first-order valence-electron chi connectivity index (χ1n) is 6.05. The highest BCUT2D eigenvalue weighted by Gasteiger charge is 2.30. The lowest BCUT2D eigenvalue weighted by Crippen LogP contribution is -2.31. The normalized spacial score (nSPS) is 24.5. The molecule has 2 unspecified atom stereocenters. The monoisotopic (exact) mass is 254 g/mol. The first-order valence-corrected chi connectivity index (χ1v) is 6.93. The summed E-state index contributed by atoms with van der Waals surface area (Å²) in [5, 5.41) is 15.3. The summed E-state index contributed by atoms with van der Waals surface area (Å²) >= 11 is 1.58. The van der Waals surface area contributed by atoms with Crippen molar-refractivity contribution in [2.24, 2.45) is 11.8 Å². The molecule has 1 saturated carbocycles. The Morgan fingerprint density at radius 3 is 3.00 bits per heavy atom. The number of aryl methyl sites for hydroxylation is 1. The predicted molar refractivity (Wildman–Crippen MR) is 68.4 cm³/mol. The Kier molecular flexibility index (Phi) is 3.99. The minimum absolute atomic E-state index is 0.183. The molecule has 94 valence electrons. The van der Waals surface area contributed by atoms with Crippen molar-refractivity contribution in [1.29, 1.82) is 0 Å². The second-order valence-corrected chi connectivity index (χ2v) is 5.52. The number of aromatic nitrogens is 1. The number of hydrogen-bond donors (Lipinski definition) is 2. The third kappa shape index (κ3) is 3.19. The van der Waals surface area contributed by atoms with E-state index in [-0.39, 0.29) is 11.8 Å². The molecule has 0 aliphatic heterocycles. The Morgan fingerprint density at radius 1 is 1.59 bits per heavy atom. The van der Waals surface area contributed by atoms with Gasteiger partial charge in [0.1, 0.15) is 0 Å². The smallest absolute Gasteiger partial charge is 0.306 e. The van der Waals surface area contributed by atoms with Crippen LogP contribution in [0.3, 0.4) is 0 Å². The van der Waals surface area contributed by atoms with Crippen molar-refractivity contribution in [2.75, 3.05) is 11.9 Å². The first kappa shape index (κ1) is 12.4. The Morgan fingerprint density at radius 2 is 2.35 bits per heavy atom. The molecule has 0 aromatic carbocycles. The van der Waals surface area contributed by atoms with Crippen LogP contribution in [0.25, 0.3) is 0 Å². The predicted octanol–water partition coefficient (Wildman–Crippen LogP) is 2.75. The van der Waals surface area contributed by atoms with Crippen molar-refractivity contribution in [1.82, 2.24) is 4.98 Å². The van der Waals surface area contributed by atoms with E-state index in [4.69, 9.17) is 5.11 Å². The molecule has 2 atom stereocenters. The van der Waals surface area contributed by atoms with E-state index < -0.39 is 5.97 Å². The Hall–Kier alpha value is -1.10. The summed E-state index contributed by atoms with van der Waals surface area (Å²) in [6, 6.07) is 0. The van der Waals surface area contributed by atoms with Gasteiger partial charge in [0.05, 0.1) is 11.6 Å². The zero-order valence-corrected chi connectivity index (χ0v) is 10.8. The lowest BCUT2D eigenvalue weighted by Gasteiger charge is -2.28. The van der Waals surface area contributed by atoms with Crippen molar-refractivity contribution < 1.29 is 9.90 Å². The Bertz CT molecular complexity index is 392. The van der Waals surface area contributed by atoms with Crippen LogP contribution in [0.15, 0.2) is 5.38 Å². The van der Waals surface area contributed by atoms with Gasteiger partial charge in [-0.25, -0.2) is 4.98 Å². The van der Waals surface area contributed by atoms with Crippen LogP contribution in [0, 0.1) is 18.8 Å². The van der Waals surface area contributed by atoms with Crippen LogP contribution in [0.2, 0.25) is 0 Å². The van der Waals surface area contributed by atoms with Gasteiger partial charge < -0.3 is 10.4 Å². The minimum atomic E-state index is -0.646. The number of carboxylic acids is 1. The fraction of sp³-hybridized carbons (Fsp3) is 0.667. The van der Waals surface area contributed by atoms with Gasteiger partial charge in [0, 0.05) is 11.9 Å². The summed E-state index contributed by atoms with van der Waals surface area (Å²) in [6.07, 6.45) is 4.02. The van der Waals surface area contributed by atoms with Crippen LogP contribution >= 0.6 is 11.3 Å². The number of nitrogens with one attached hydrogen (secondary N) is 1. The Balaban J connectivity index is 1.90. The van der Waals surface area contributed by atoms with E-state index >= 15 is 0 Å². The number of thiazole rings is 1. The number of aliphatic carboxylic acids is 1. The topological polar surface area (TPSA) is 62.2 Å². The number of hydrogen-bond acceptors (Lipinski definition) is 4. The highest BCUT2D eigenvalue weighted by molar-refractivity contribution is 7.13. The molecule has 0 amide bonds. The molecule has 1 aliphatic rings. The summed E-state index contributed by atoms with van der Waals surface area (Å²) in [4.78, 5) is 15.5. The third-order valence-electron chi connectivity index (χ3n) is 3.36. The molecule has 1 fully saturated rings. The molecule has 4 nitrogen and oxygen atoms in total. The van der Waals surface area contributed by atoms with E-state index in [1.807, 2.05) is 12.3 Å². The molecule has 0 bridgehead atoms. The van der Waals surface area contributed by atoms with E-state index in [0.717, 1.165) is 43.1 Å². The average molecular weight is 254 g/mol. The zero-order valence-electron chi connectivity index (χ0n) is 9.98. The molecule has 1 aromatic rings. The van der Waals surface area contributed by atoms with Gasteiger partial charge in [-0.3, -0.25) is 4.79 Å². The highest BCUT2D eigenvalue weighted by atomic mass is 32.1. The van der Waals surface area contributed by atoms with Crippen molar-refractivity contribution in [3.8, 4) is 0 Å². The molecular weight excluding hydrogens is 236 g/mol. The van der Waals surface area contributed by atoms with E-state index in [1.54, 1.807) is 11.3 Å². The van der Waals surface area contributed by atoms with E-state index in [9.17, 15) is 4.79 Å². The standard InChI is InChI=1S/C12H18N2O2S/c1-8-7-17-12(14-8)13-6-9-4-2-3-5-10(9)11(15)16/h7,9-10H,2-6H2,1H3,(H,13,14)(H,15,16). The van der Waals surface area contributed by atoms with Gasteiger partial charge >= 0.3 is 5.97 Å². The molecule has 2 rings (SSSR count). The molecule has 0 saturated heterocycles. The zero-order chi connectivity index (χ0) is 12.3. The number of carboxylic acid groups (broad SMARTS) is 1. The Labute approximate surface area is 105 Å². The highest BCUT2D eigenvalue weighted by Crippen LogP contribution is 2.30. The maximum Gasteiger partial charge on any atom is 0.306 e. The second-order valence-electron chi connectivity index (χ2n) is 4.66. The van der Waals surface area contributed by atoms with Gasteiger partial charge in [0.2, 0.25) is 0 Å². The summed E-state index contributed by atoms with van der Waals surface area (Å²) in [5.41, 5.74) is 1.01. The lowest BCUT2D eigenvalue weighted by atomic mass is 9.79. The summed E-state index contributed by atoms with van der Waals surface area (Å²) in [7, 11) is 0. The van der Waals surface area contributed by atoms with E-state index in [2.05, 4.69) is 10.3 Å². The number of carbonyl (C=O) groups is 1. The maximum absolute atomic E-state index is 11.1. The molecule has 0 spiro atoms. The van der Waals surface area contributed by atoms with Crippen molar-refractivity contribution in [3.05, 3.63) is 11.1 Å². The largest absolute Gasteiger partial charge is 0.481 e. The van der Waals surface area contributed by atoms with Gasteiger partial charge in [-0.15, -0.1) is 11.3 Å². The number of rotatable bonds is 4. The van der Waals surface area contributed by atoms with Gasteiger partial charge in [-0.2, -0.15) is 0 Å². The summed E-state index contributed by atoms with van der Waals surface area (Å²) in [5.74, 6) is -0.588. The van der Waals surface area contributed by atoms with Crippen molar-refractivity contribution in [3.63, 3.8) is 0 Å². The second kappa shape index (κ2) is 5.49. The fourth-order valence-electron chi connectivity index (χ4n) is 2.43. The molecule has 1 aromatic heterocycles. The van der Waals surface area contributed by atoms with Gasteiger partial charge in [-0.1, -0.05) is 12.8 Å². The van der Waals surface area contributed by atoms with Crippen molar-refractivity contribution in [2.45, 2.75) is 32.6 Å². The van der Waals surface area contributed by atoms with Crippen LogP contribution in [0.5, 0.6) is 0 Å². The van der Waals surface area contributed by atoms with Gasteiger partial charge in [0.15, 0.2) is 5.13 Å². The molecule has 2 N–H and O–H groups in total. The molecule has 5 heteroatoms. The first-order chi connectivity index (χ1) is 8.16. The average Bonchev–Trinajstić information content (AvgIpc) is 2.73. The summed E-state index contributed by atoms with van der Waals surface area (Å²) < 4.78 is 0. The molecule has 17 heavy (non-hydrogen) atoms. The molecule has 1 aliphatic carbocycles. The van der Waals surface area contributed by atoms with Crippen LogP contribution in [-0.2, 0) is 4.79 Å². The van der Waals surface area contributed by atoms with Crippen LogP contribution in [0.4, 0.5) is 5.13 Å². The SMILES string of the molecule is Cc1csc(NCC2CCCCC2C(=O)O)n1. The van der Waals surface area contributed by atoms with E-state index in [0.29, 0.717) is 0 Å². The lowest BCUT2D eigenvalue weighted by molar-refractivity contribution is -0.144. The fourth-order valence-corrected chi connectivity index (χ4v) is 3.13. The van der Waals surface area contributed by atoms with Crippen LogP contribution < -0.4 is 5.32 Å². The van der Waals surface area contributed by atoms with Crippen LogP contribution in [-0.4, -0.2) is 22.6 Å². The maximum atomic E-state index is 11.1. The van der Waals surface area contributed by atoms with Gasteiger partial charge in [-0.05, 0) is 25.7 Å². The number of nitrogens with zero attached hydrogens (tertiary/aromatic N) is 1. The minimum Gasteiger partial charge on any atom is -0.481 e. The quantitative estimate of drug-likeness (QED) is 0.867.